The zero-order chi connectivity index (χ0) is 22.0. The highest BCUT2D eigenvalue weighted by molar-refractivity contribution is 7.92. The summed E-state index contributed by atoms with van der Waals surface area (Å²) < 4.78 is 41.2. The van der Waals surface area contributed by atoms with Crippen molar-refractivity contribution in [2.24, 2.45) is 0 Å². The van der Waals surface area contributed by atoms with Crippen LogP contribution in [0.1, 0.15) is 40.4 Å². The Hall–Kier alpha value is -3.19. The first kappa shape index (κ1) is 21.1. The van der Waals surface area contributed by atoms with Crippen LogP contribution in [-0.4, -0.2) is 26.3 Å². The van der Waals surface area contributed by atoms with Crippen molar-refractivity contribution in [1.29, 1.82) is 0 Å². The fraction of sp³-hybridized carbons (Fsp3) is 0.208. The van der Waals surface area contributed by atoms with E-state index in [9.17, 15) is 17.6 Å². The molecule has 0 aliphatic heterocycles. The first-order valence-corrected chi connectivity index (χ1v) is 11.6. The van der Waals surface area contributed by atoms with Crippen LogP contribution in [0.25, 0.3) is 0 Å². The molecule has 1 aliphatic carbocycles. The van der Waals surface area contributed by atoms with Gasteiger partial charge in [-0.1, -0.05) is 36.4 Å². The molecular weight excluding hydrogens is 415 g/mol. The second kappa shape index (κ2) is 8.51. The molecule has 1 N–H and O–H groups in total. The van der Waals surface area contributed by atoms with Gasteiger partial charge in [0.05, 0.1) is 16.6 Å². The number of hydrogen-bond acceptors (Lipinski definition) is 3. The van der Waals surface area contributed by atoms with Crippen molar-refractivity contribution < 1.29 is 17.6 Å². The number of hydrogen-bond donors (Lipinski definition) is 1. The third kappa shape index (κ3) is 4.32. The van der Waals surface area contributed by atoms with Gasteiger partial charge in [0.15, 0.2) is 0 Å². The van der Waals surface area contributed by atoms with Gasteiger partial charge in [0.2, 0.25) is 0 Å². The summed E-state index contributed by atoms with van der Waals surface area (Å²) in [5.41, 5.74) is 2.70. The van der Waals surface area contributed by atoms with Gasteiger partial charge in [0.25, 0.3) is 15.9 Å². The Bertz CT molecular complexity index is 1210. The third-order valence-corrected chi connectivity index (χ3v) is 7.04. The lowest BCUT2D eigenvalue weighted by molar-refractivity contribution is 0.0715. The quantitative estimate of drug-likeness (QED) is 0.624. The molecule has 0 saturated heterocycles. The number of nitrogens with zero attached hydrogens (tertiary/aromatic N) is 1. The van der Waals surface area contributed by atoms with Gasteiger partial charge < -0.3 is 4.90 Å². The third-order valence-electron chi connectivity index (χ3n) is 5.66. The zero-order valence-corrected chi connectivity index (χ0v) is 17.9. The molecule has 0 heterocycles. The minimum atomic E-state index is -3.97. The number of aryl methyl sites for hydroxylation is 1. The summed E-state index contributed by atoms with van der Waals surface area (Å²) in [4.78, 5) is 14.7. The van der Waals surface area contributed by atoms with Crippen molar-refractivity contribution in [3.63, 3.8) is 0 Å². The molecule has 160 valence electrons. The fourth-order valence-electron chi connectivity index (χ4n) is 4.00. The van der Waals surface area contributed by atoms with Gasteiger partial charge in [0.1, 0.15) is 5.82 Å². The Morgan fingerprint density at radius 2 is 1.68 bits per heavy atom. The van der Waals surface area contributed by atoms with Crippen molar-refractivity contribution >= 4 is 21.6 Å². The molecule has 0 fully saturated rings. The van der Waals surface area contributed by atoms with Crippen LogP contribution in [0.2, 0.25) is 0 Å². The molecule has 0 aromatic heterocycles. The molecular formula is C24H23FN2O3S. The molecule has 3 aromatic rings. The van der Waals surface area contributed by atoms with Crippen molar-refractivity contribution in [3.05, 3.63) is 95.3 Å². The molecule has 4 rings (SSSR count). The number of sulfonamides is 1. The van der Waals surface area contributed by atoms with E-state index < -0.39 is 15.8 Å². The molecule has 1 atom stereocenters. The van der Waals surface area contributed by atoms with Gasteiger partial charge in [-0.3, -0.25) is 9.52 Å². The van der Waals surface area contributed by atoms with Crippen LogP contribution in [0.4, 0.5) is 10.1 Å². The van der Waals surface area contributed by atoms with E-state index in [1.807, 2.05) is 12.1 Å². The number of benzene rings is 3. The predicted octanol–water partition coefficient (Wildman–Crippen LogP) is 4.78. The molecule has 0 spiro atoms. The molecule has 0 radical (unpaired) electrons. The number of nitrogens with one attached hydrogen (secondary N) is 1. The lowest BCUT2D eigenvalue weighted by atomic mass is 9.87. The predicted molar refractivity (Wildman–Crippen MR) is 118 cm³/mol. The van der Waals surface area contributed by atoms with E-state index in [0.717, 1.165) is 24.8 Å². The van der Waals surface area contributed by atoms with E-state index in [4.69, 9.17) is 0 Å². The highest BCUT2D eigenvalue weighted by Gasteiger charge is 2.27. The Kier molecular flexibility index (Phi) is 5.78. The summed E-state index contributed by atoms with van der Waals surface area (Å²) in [6.07, 6.45) is 2.91. The summed E-state index contributed by atoms with van der Waals surface area (Å²) in [6, 6.07) is 19.4. The minimum absolute atomic E-state index is 0.0106. The number of anilines is 1. The number of amides is 1. The van der Waals surface area contributed by atoms with Crippen LogP contribution in [0.5, 0.6) is 0 Å². The highest BCUT2D eigenvalue weighted by atomic mass is 32.2. The van der Waals surface area contributed by atoms with Crippen LogP contribution >= 0.6 is 0 Å². The summed E-state index contributed by atoms with van der Waals surface area (Å²) >= 11 is 0. The molecule has 0 saturated carbocycles. The SMILES string of the molecule is CN(C(=O)c1ccc(S(=O)(=O)Nc2ccccc2F)cc1)C1CCCc2ccccc21. The maximum atomic E-state index is 13.8. The molecule has 7 heteroatoms. The van der Waals surface area contributed by atoms with E-state index in [1.165, 1.54) is 48.0 Å². The van der Waals surface area contributed by atoms with E-state index >= 15 is 0 Å². The summed E-state index contributed by atoms with van der Waals surface area (Å²) in [5, 5.41) is 0. The lowest BCUT2D eigenvalue weighted by Gasteiger charge is -2.33. The average molecular weight is 439 g/mol. The van der Waals surface area contributed by atoms with E-state index in [-0.39, 0.29) is 22.5 Å². The molecule has 5 nitrogen and oxygen atoms in total. The number of rotatable bonds is 5. The molecule has 1 aliphatic rings. The van der Waals surface area contributed by atoms with Gasteiger partial charge in [0, 0.05) is 12.6 Å². The number of carbonyl (C=O) groups is 1. The molecule has 1 amide bonds. The maximum Gasteiger partial charge on any atom is 0.261 e. The Balaban J connectivity index is 1.53. The molecule has 1 unspecified atom stereocenters. The summed E-state index contributed by atoms with van der Waals surface area (Å²) in [6.45, 7) is 0. The van der Waals surface area contributed by atoms with Crippen molar-refractivity contribution in [3.8, 4) is 0 Å². The zero-order valence-electron chi connectivity index (χ0n) is 17.1. The Morgan fingerprint density at radius 1 is 1.00 bits per heavy atom. The second-order valence-electron chi connectivity index (χ2n) is 7.63. The van der Waals surface area contributed by atoms with Gasteiger partial charge in [-0.2, -0.15) is 0 Å². The van der Waals surface area contributed by atoms with Gasteiger partial charge in [-0.05, 0) is 66.8 Å². The van der Waals surface area contributed by atoms with E-state index in [2.05, 4.69) is 16.9 Å². The largest absolute Gasteiger partial charge is 0.335 e. The molecule has 31 heavy (non-hydrogen) atoms. The lowest BCUT2D eigenvalue weighted by Crippen LogP contribution is -2.33. The van der Waals surface area contributed by atoms with E-state index in [1.54, 1.807) is 18.0 Å². The number of halogens is 1. The maximum absolute atomic E-state index is 13.8. The van der Waals surface area contributed by atoms with Crippen LogP contribution in [0.3, 0.4) is 0 Å². The standard InChI is InChI=1S/C24H23FN2O3S/c1-27(23-12-6-8-17-7-2-3-9-20(17)23)24(28)18-13-15-19(16-14-18)31(29,30)26-22-11-5-4-10-21(22)25/h2-5,7,9-11,13-16,23,26H,6,8,12H2,1H3. The van der Waals surface area contributed by atoms with Crippen molar-refractivity contribution in [1.82, 2.24) is 4.90 Å². The summed E-state index contributed by atoms with van der Waals surface area (Å²) in [5.74, 6) is -0.833. The first-order valence-electron chi connectivity index (χ1n) is 10.1. The van der Waals surface area contributed by atoms with Crippen LogP contribution in [0, 0.1) is 5.82 Å². The van der Waals surface area contributed by atoms with Crippen molar-refractivity contribution in [2.45, 2.75) is 30.2 Å². The van der Waals surface area contributed by atoms with Crippen molar-refractivity contribution in [2.75, 3.05) is 11.8 Å². The first-order chi connectivity index (χ1) is 14.9. The van der Waals surface area contributed by atoms with Gasteiger partial charge in [-0.15, -0.1) is 0 Å². The number of carbonyl (C=O) groups excluding carboxylic acids is 1. The Morgan fingerprint density at radius 3 is 2.42 bits per heavy atom. The van der Waals surface area contributed by atoms with Crippen LogP contribution < -0.4 is 4.72 Å². The smallest absolute Gasteiger partial charge is 0.261 e. The molecule has 0 bridgehead atoms. The topological polar surface area (TPSA) is 66.5 Å². The second-order valence-corrected chi connectivity index (χ2v) is 9.32. The molecule has 3 aromatic carbocycles. The van der Waals surface area contributed by atoms with E-state index in [0.29, 0.717) is 5.56 Å². The fourth-order valence-corrected chi connectivity index (χ4v) is 5.07. The normalized spacial score (nSPS) is 15.7. The van der Waals surface area contributed by atoms with Gasteiger partial charge >= 0.3 is 0 Å². The number of fused-ring (bicyclic) bond motifs is 1. The Labute approximate surface area is 181 Å². The van der Waals surface area contributed by atoms with Crippen LogP contribution in [-0.2, 0) is 16.4 Å². The number of para-hydroxylation sites is 1. The van der Waals surface area contributed by atoms with Crippen LogP contribution in [0.15, 0.2) is 77.7 Å². The van der Waals surface area contributed by atoms with Gasteiger partial charge in [-0.25, -0.2) is 12.8 Å². The highest BCUT2D eigenvalue weighted by Crippen LogP contribution is 2.34. The summed E-state index contributed by atoms with van der Waals surface area (Å²) in [7, 11) is -2.20. The monoisotopic (exact) mass is 438 g/mol. The average Bonchev–Trinajstić information content (AvgIpc) is 2.79. The minimum Gasteiger partial charge on any atom is -0.335 e.